The van der Waals surface area contributed by atoms with E-state index in [1.807, 2.05) is 6.07 Å². The zero-order valence-electron chi connectivity index (χ0n) is 12.6. The molecule has 0 N–H and O–H groups in total. The van der Waals surface area contributed by atoms with Crippen molar-refractivity contribution >= 4 is 21.9 Å². The third-order valence-electron chi connectivity index (χ3n) is 3.01. The number of methoxy groups -OCH3 is 2. The Bertz CT molecular complexity index is 688. The molecule has 0 fully saturated rings. The van der Waals surface area contributed by atoms with E-state index in [2.05, 4.69) is 20.9 Å². The van der Waals surface area contributed by atoms with Gasteiger partial charge in [0.2, 0.25) is 0 Å². The van der Waals surface area contributed by atoms with Crippen molar-refractivity contribution in [3.8, 4) is 22.6 Å². The Labute approximate surface area is 137 Å². The highest BCUT2D eigenvalue weighted by Gasteiger charge is 2.20. The molecule has 0 spiro atoms. The maximum absolute atomic E-state index is 12.1. The summed E-state index contributed by atoms with van der Waals surface area (Å²) in [6.45, 7) is 2.04. The summed E-state index contributed by atoms with van der Waals surface area (Å²) in [7, 11) is 3.11. The van der Waals surface area contributed by atoms with E-state index in [1.165, 1.54) is 0 Å². The summed E-state index contributed by atoms with van der Waals surface area (Å²) in [5, 5.41) is 0. The van der Waals surface area contributed by atoms with Gasteiger partial charge in [-0.25, -0.2) is 9.78 Å². The van der Waals surface area contributed by atoms with Gasteiger partial charge in [-0.3, -0.25) is 0 Å². The molecule has 1 aromatic heterocycles. The van der Waals surface area contributed by atoms with Crippen LogP contribution in [0, 0.1) is 0 Å². The molecule has 0 saturated heterocycles. The second-order valence-corrected chi connectivity index (χ2v) is 5.22. The zero-order chi connectivity index (χ0) is 16.1. The first-order chi connectivity index (χ1) is 10.6. The number of benzene rings is 1. The van der Waals surface area contributed by atoms with Crippen molar-refractivity contribution < 1.29 is 19.0 Å². The van der Waals surface area contributed by atoms with E-state index in [4.69, 9.17) is 14.2 Å². The van der Waals surface area contributed by atoms with Gasteiger partial charge in [-0.15, -0.1) is 0 Å². The predicted octanol–water partition coefficient (Wildman–Crippen LogP) is 3.71. The maximum Gasteiger partial charge on any atom is 0.357 e. The lowest BCUT2D eigenvalue weighted by Gasteiger charge is -2.15. The lowest BCUT2D eigenvalue weighted by molar-refractivity contribution is 0.0520. The monoisotopic (exact) mass is 365 g/mol. The summed E-state index contributed by atoms with van der Waals surface area (Å²) in [6, 6.07) is 7.19. The SMILES string of the molecule is CCOC(=O)c1ncccc1-c1cc(Br)cc(OC)c1OC. The van der Waals surface area contributed by atoms with Crippen LogP contribution in [0.4, 0.5) is 0 Å². The predicted molar refractivity (Wildman–Crippen MR) is 86.4 cm³/mol. The van der Waals surface area contributed by atoms with Crippen molar-refractivity contribution in [2.24, 2.45) is 0 Å². The minimum Gasteiger partial charge on any atom is -0.493 e. The summed E-state index contributed by atoms with van der Waals surface area (Å²) in [6.07, 6.45) is 1.55. The molecule has 22 heavy (non-hydrogen) atoms. The lowest BCUT2D eigenvalue weighted by atomic mass is 10.0. The Hall–Kier alpha value is -2.08. The Kier molecular flexibility index (Phi) is 5.38. The fraction of sp³-hybridized carbons (Fsp3) is 0.250. The highest BCUT2D eigenvalue weighted by molar-refractivity contribution is 9.10. The molecule has 0 unspecified atom stereocenters. The van der Waals surface area contributed by atoms with Crippen molar-refractivity contribution in [3.63, 3.8) is 0 Å². The molecule has 0 aliphatic rings. The molecule has 2 aromatic rings. The number of pyridine rings is 1. The van der Waals surface area contributed by atoms with Gasteiger partial charge in [0, 0.05) is 21.8 Å². The van der Waals surface area contributed by atoms with Gasteiger partial charge in [-0.05, 0) is 25.1 Å². The number of aromatic nitrogens is 1. The number of halogens is 1. The van der Waals surface area contributed by atoms with Crippen LogP contribution in [0.1, 0.15) is 17.4 Å². The summed E-state index contributed by atoms with van der Waals surface area (Å²) in [5.41, 5.74) is 1.56. The Morgan fingerprint density at radius 2 is 2.00 bits per heavy atom. The minimum atomic E-state index is -0.473. The fourth-order valence-electron chi connectivity index (χ4n) is 2.12. The standard InChI is InChI=1S/C16H16BrNO4/c1-4-22-16(19)14-11(6-5-7-18-14)12-8-10(17)9-13(20-2)15(12)21-3/h5-9H,4H2,1-3H3. The number of rotatable bonds is 5. The normalized spacial score (nSPS) is 10.2. The van der Waals surface area contributed by atoms with Crippen LogP contribution in [0.3, 0.4) is 0 Å². The topological polar surface area (TPSA) is 57.7 Å². The van der Waals surface area contributed by atoms with E-state index in [1.54, 1.807) is 45.5 Å². The Balaban J connectivity index is 2.67. The number of nitrogens with zero attached hydrogens (tertiary/aromatic N) is 1. The molecule has 116 valence electrons. The van der Waals surface area contributed by atoms with Gasteiger partial charge in [0.05, 0.1) is 20.8 Å². The summed E-state index contributed by atoms with van der Waals surface area (Å²) < 4.78 is 16.7. The molecule has 5 nitrogen and oxygen atoms in total. The van der Waals surface area contributed by atoms with Crippen LogP contribution in [-0.4, -0.2) is 31.8 Å². The number of carbonyl (C=O) groups is 1. The number of carbonyl (C=O) groups excluding carboxylic acids is 1. The van der Waals surface area contributed by atoms with Crippen LogP contribution >= 0.6 is 15.9 Å². The molecule has 0 aliphatic carbocycles. The molecule has 2 rings (SSSR count). The summed E-state index contributed by atoms with van der Waals surface area (Å²) in [5.74, 6) is 0.619. The Morgan fingerprint density at radius 3 is 2.64 bits per heavy atom. The van der Waals surface area contributed by atoms with Crippen LogP contribution in [-0.2, 0) is 4.74 Å². The summed E-state index contributed by atoms with van der Waals surface area (Å²) >= 11 is 3.43. The first-order valence-electron chi connectivity index (χ1n) is 6.66. The van der Waals surface area contributed by atoms with E-state index in [0.29, 0.717) is 22.6 Å². The smallest absolute Gasteiger partial charge is 0.357 e. The van der Waals surface area contributed by atoms with Crippen LogP contribution < -0.4 is 9.47 Å². The van der Waals surface area contributed by atoms with Gasteiger partial charge < -0.3 is 14.2 Å². The van der Waals surface area contributed by atoms with E-state index < -0.39 is 5.97 Å². The molecule has 0 aliphatic heterocycles. The third kappa shape index (κ3) is 3.22. The molecule has 0 bridgehead atoms. The number of ether oxygens (including phenoxy) is 3. The van der Waals surface area contributed by atoms with E-state index >= 15 is 0 Å². The minimum absolute atomic E-state index is 0.239. The van der Waals surface area contributed by atoms with E-state index in [9.17, 15) is 4.79 Å². The van der Waals surface area contributed by atoms with Gasteiger partial charge in [0.25, 0.3) is 0 Å². The van der Waals surface area contributed by atoms with Crippen LogP contribution in [0.2, 0.25) is 0 Å². The highest BCUT2D eigenvalue weighted by Crippen LogP contribution is 2.41. The van der Waals surface area contributed by atoms with Gasteiger partial charge >= 0.3 is 5.97 Å². The van der Waals surface area contributed by atoms with Crippen molar-refractivity contribution in [1.82, 2.24) is 4.98 Å². The van der Waals surface area contributed by atoms with E-state index in [0.717, 1.165) is 4.47 Å². The van der Waals surface area contributed by atoms with Crippen molar-refractivity contribution in [2.75, 3.05) is 20.8 Å². The van der Waals surface area contributed by atoms with Crippen LogP contribution in [0.25, 0.3) is 11.1 Å². The second-order valence-electron chi connectivity index (χ2n) is 4.31. The zero-order valence-corrected chi connectivity index (χ0v) is 14.1. The first kappa shape index (κ1) is 16.3. The number of hydrogen-bond acceptors (Lipinski definition) is 5. The molecule has 0 saturated carbocycles. The molecular formula is C16H16BrNO4. The van der Waals surface area contributed by atoms with Crippen LogP contribution in [0.15, 0.2) is 34.9 Å². The first-order valence-corrected chi connectivity index (χ1v) is 7.45. The number of esters is 1. The van der Waals surface area contributed by atoms with Gasteiger partial charge in [-0.1, -0.05) is 22.0 Å². The third-order valence-corrected chi connectivity index (χ3v) is 3.47. The van der Waals surface area contributed by atoms with Gasteiger partial charge in [-0.2, -0.15) is 0 Å². The molecule has 6 heteroatoms. The molecule has 0 radical (unpaired) electrons. The van der Waals surface area contributed by atoms with E-state index in [-0.39, 0.29) is 12.3 Å². The highest BCUT2D eigenvalue weighted by atomic mass is 79.9. The Morgan fingerprint density at radius 1 is 1.23 bits per heavy atom. The molecule has 1 aromatic carbocycles. The fourth-order valence-corrected chi connectivity index (χ4v) is 2.55. The average molecular weight is 366 g/mol. The average Bonchev–Trinajstić information content (AvgIpc) is 2.54. The van der Waals surface area contributed by atoms with Gasteiger partial charge in [0.1, 0.15) is 0 Å². The maximum atomic E-state index is 12.1. The van der Waals surface area contributed by atoms with Crippen molar-refractivity contribution in [3.05, 3.63) is 40.6 Å². The largest absolute Gasteiger partial charge is 0.493 e. The molecule has 0 atom stereocenters. The van der Waals surface area contributed by atoms with Crippen LogP contribution in [0.5, 0.6) is 11.5 Å². The van der Waals surface area contributed by atoms with Crippen molar-refractivity contribution in [2.45, 2.75) is 6.92 Å². The lowest BCUT2D eigenvalue weighted by Crippen LogP contribution is -2.09. The summed E-state index contributed by atoms with van der Waals surface area (Å²) in [4.78, 5) is 16.3. The van der Waals surface area contributed by atoms with Gasteiger partial charge in [0.15, 0.2) is 17.2 Å². The number of hydrogen-bond donors (Lipinski definition) is 0. The molecule has 1 heterocycles. The van der Waals surface area contributed by atoms with Crippen molar-refractivity contribution in [1.29, 1.82) is 0 Å². The second kappa shape index (κ2) is 7.26. The quantitative estimate of drug-likeness (QED) is 0.756. The molecular weight excluding hydrogens is 350 g/mol. The molecule has 0 amide bonds.